The quantitative estimate of drug-likeness (QED) is 0.472. The van der Waals surface area contributed by atoms with Gasteiger partial charge in [-0.2, -0.15) is 4.31 Å². The molecule has 2 aromatic carbocycles. The molecule has 0 atom stereocenters. The lowest BCUT2D eigenvalue weighted by molar-refractivity contribution is 0.432. The molecule has 192 valence electrons. The minimum atomic E-state index is -3.62. The van der Waals surface area contributed by atoms with E-state index >= 15 is 0 Å². The van der Waals surface area contributed by atoms with Gasteiger partial charge in [0.05, 0.1) is 4.90 Å². The first-order valence-corrected chi connectivity index (χ1v) is 14.0. The lowest BCUT2D eigenvalue weighted by Crippen LogP contribution is -2.36. The van der Waals surface area contributed by atoms with E-state index in [1.807, 2.05) is 45.9 Å². The van der Waals surface area contributed by atoms with E-state index in [-0.39, 0.29) is 5.82 Å². The van der Waals surface area contributed by atoms with E-state index in [9.17, 15) is 12.8 Å². The largest absolute Gasteiger partial charge is 0.355 e. The van der Waals surface area contributed by atoms with Crippen LogP contribution < -0.4 is 4.90 Å². The monoisotopic (exact) mass is 510 g/mol. The van der Waals surface area contributed by atoms with Crippen LogP contribution in [0.15, 0.2) is 41.3 Å². The summed E-state index contributed by atoms with van der Waals surface area (Å²) in [7, 11) is -3.62. The third kappa shape index (κ3) is 5.44. The highest BCUT2D eigenvalue weighted by Crippen LogP contribution is 2.29. The lowest BCUT2D eigenvalue weighted by atomic mass is 10.0. The third-order valence-corrected chi connectivity index (χ3v) is 8.95. The Kier molecular flexibility index (Phi) is 7.76. The number of nitrogens with zero attached hydrogens (tertiary/aromatic N) is 4. The smallest absolute Gasteiger partial charge is 0.243 e. The first-order valence-electron chi connectivity index (χ1n) is 12.5. The molecule has 0 amide bonds. The van der Waals surface area contributed by atoms with Gasteiger partial charge in [0.2, 0.25) is 10.0 Å². The molecule has 36 heavy (non-hydrogen) atoms. The van der Waals surface area contributed by atoms with E-state index in [2.05, 4.69) is 16.8 Å². The molecule has 1 fully saturated rings. The third-order valence-electron chi connectivity index (χ3n) is 6.74. The number of aromatic nitrogens is 2. The molecule has 0 saturated carbocycles. The first-order chi connectivity index (χ1) is 17.1. The Morgan fingerprint density at radius 1 is 0.944 bits per heavy atom. The second-order valence-corrected chi connectivity index (χ2v) is 11.5. The average Bonchev–Trinajstić information content (AvgIpc) is 3.06. The maximum Gasteiger partial charge on any atom is 0.243 e. The summed E-state index contributed by atoms with van der Waals surface area (Å²) in [5.74, 6) is 1.24. The van der Waals surface area contributed by atoms with Crippen molar-refractivity contribution in [2.75, 3.05) is 31.1 Å². The maximum atomic E-state index is 13.9. The molecule has 0 unspecified atom stereocenters. The van der Waals surface area contributed by atoms with Crippen molar-refractivity contribution in [1.29, 1.82) is 0 Å². The predicted octanol–water partition coefficient (Wildman–Crippen LogP) is 4.90. The summed E-state index contributed by atoms with van der Waals surface area (Å²) >= 11 is 0. The molecule has 6 nitrogen and oxygen atoms in total. The van der Waals surface area contributed by atoms with Gasteiger partial charge < -0.3 is 4.90 Å². The fraction of sp³-hybridized carbons (Fsp3) is 0.429. The van der Waals surface area contributed by atoms with Gasteiger partial charge in [-0.05, 0) is 69.4 Å². The van der Waals surface area contributed by atoms with Gasteiger partial charge in [-0.25, -0.2) is 22.8 Å². The van der Waals surface area contributed by atoms with Crippen LogP contribution in [0.2, 0.25) is 0 Å². The predicted molar refractivity (Wildman–Crippen MR) is 142 cm³/mol. The van der Waals surface area contributed by atoms with Crippen LogP contribution >= 0.6 is 0 Å². The van der Waals surface area contributed by atoms with Gasteiger partial charge in [-0.1, -0.05) is 36.8 Å². The SMILES string of the molecule is CCc1nc(C)nc(N2CCCN(S(=O)(=O)c3c(C)cc(C)cc3C)CC2)c1Cc1cccc(F)c1. The van der Waals surface area contributed by atoms with Crippen LogP contribution in [-0.4, -0.2) is 48.9 Å². The van der Waals surface area contributed by atoms with Crippen molar-refractivity contribution in [3.05, 3.63) is 81.6 Å². The molecule has 0 radical (unpaired) electrons. The molecular weight excluding hydrogens is 475 g/mol. The van der Waals surface area contributed by atoms with Gasteiger partial charge in [0.25, 0.3) is 0 Å². The minimum Gasteiger partial charge on any atom is -0.355 e. The Morgan fingerprint density at radius 3 is 2.33 bits per heavy atom. The number of sulfonamides is 1. The number of anilines is 1. The van der Waals surface area contributed by atoms with E-state index < -0.39 is 10.0 Å². The number of benzene rings is 2. The minimum absolute atomic E-state index is 0.266. The van der Waals surface area contributed by atoms with Crippen molar-refractivity contribution in [2.45, 2.75) is 58.8 Å². The number of aryl methyl sites for hydroxylation is 5. The van der Waals surface area contributed by atoms with Gasteiger partial charge in [0, 0.05) is 43.9 Å². The van der Waals surface area contributed by atoms with E-state index in [0.29, 0.717) is 49.7 Å². The van der Waals surface area contributed by atoms with Crippen LogP contribution in [0.1, 0.15) is 52.7 Å². The number of rotatable bonds is 6. The molecule has 8 heteroatoms. The van der Waals surface area contributed by atoms with E-state index in [4.69, 9.17) is 4.98 Å². The zero-order valence-electron chi connectivity index (χ0n) is 21.8. The van der Waals surface area contributed by atoms with E-state index in [1.165, 1.54) is 6.07 Å². The van der Waals surface area contributed by atoms with Crippen LogP contribution in [0.3, 0.4) is 0 Å². The number of hydrogen-bond acceptors (Lipinski definition) is 5. The highest BCUT2D eigenvalue weighted by Gasteiger charge is 2.30. The van der Waals surface area contributed by atoms with Gasteiger partial charge in [-0.15, -0.1) is 0 Å². The van der Waals surface area contributed by atoms with Gasteiger partial charge in [-0.3, -0.25) is 0 Å². The molecule has 2 heterocycles. The summed E-state index contributed by atoms with van der Waals surface area (Å²) < 4.78 is 42.9. The molecule has 0 spiro atoms. The van der Waals surface area contributed by atoms with Crippen molar-refractivity contribution in [3.63, 3.8) is 0 Å². The van der Waals surface area contributed by atoms with Crippen LogP contribution in [0, 0.1) is 33.5 Å². The summed E-state index contributed by atoms with van der Waals surface area (Å²) in [5, 5.41) is 0. The zero-order valence-corrected chi connectivity index (χ0v) is 22.6. The molecule has 1 aliphatic heterocycles. The average molecular weight is 511 g/mol. The molecule has 1 saturated heterocycles. The Hall–Kier alpha value is -2.84. The number of hydrogen-bond donors (Lipinski definition) is 0. The fourth-order valence-electron chi connectivity index (χ4n) is 5.27. The Balaban J connectivity index is 1.65. The van der Waals surface area contributed by atoms with Crippen molar-refractivity contribution < 1.29 is 12.8 Å². The molecule has 1 aromatic heterocycles. The molecular formula is C28H35FN4O2S. The standard InChI is InChI=1S/C28H35FN4O2S/c1-6-26-25(18-23-9-7-10-24(29)17-23)28(31-22(5)30-26)32-11-8-12-33(14-13-32)36(34,35)27-20(3)15-19(2)16-21(27)4/h7,9-10,15-17H,6,8,11-14,18H2,1-5H3. The summed E-state index contributed by atoms with van der Waals surface area (Å²) in [6.45, 7) is 11.7. The van der Waals surface area contributed by atoms with Crippen molar-refractivity contribution in [1.82, 2.24) is 14.3 Å². The van der Waals surface area contributed by atoms with Crippen LogP contribution in [0.25, 0.3) is 0 Å². The number of halogens is 1. The molecule has 3 aromatic rings. The summed E-state index contributed by atoms with van der Waals surface area (Å²) in [4.78, 5) is 12.1. The Morgan fingerprint density at radius 2 is 1.67 bits per heavy atom. The molecule has 0 bridgehead atoms. The van der Waals surface area contributed by atoms with E-state index in [0.717, 1.165) is 45.7 Å². The lowest BCUT2D eigenvalue weighted by Gasteiger charge is -2.26. The topological polar surface area (TPSA) is 66.4 Å². The molecule has 0 N–H and O–H groups in total. The van der Waals surface area contributed by atoms with E-state index in [1.54, 1.807) is 16.4 Å². The Bertz CT molecular complexity index is 1350. The van der Waals surface area contributed by atoms with Crippen LogP contribution in [0.5, 0.6) is 0 Å². The summed E-state index contributed by atoms with van der Waals surface area (Å²) in [6, 6.07) is 10.5. The van der Waals surface area contributed by atoms with Gasteiger partial charge >= 0.3 is 0 Å². The second-order valence-electron chi connectivity index (χ2n) is 9.65. The van der Waals surface area contributed by atoms with Gasteiger partial charge in [0.1, 0.15) is 17.5 Å². The van der Waals surface area contributed by atoms with Crippen molar-refractivity contribution in [2.24, 2.45) is 0 Å². The fourth-order valence-corrected chi connectivity index (χ4v) is 7.15. The summed E-state index contributed by atoms with van der Waals surface area (Å²) in [5.41, 5.74) is 5.41. The second kappa shape index (κ2) is 10.6. The first kappa shape index (κ1) is 26.2. The van der Waals surface area contributed by atoms with Crippen LogP contribution in [0.4, 0.5) is 10.2 Å². The molecule has 4 rings (SSSR count). The summed E-state index contributed by atoms with van der Waals surface area (Å²) in [6.07, 6.45) is 1.95. The highest BCUT2D eigenvalue weighted by atomic mass is 32.2. The highest BCUT2D eigenvalue weighted by molar-refractivity contribution is 7.89. The Labute approximate surface area is 214 Å². The normalized spacial score (nSPS) is 15.2. The van der Waals surface area contributed by atoms with Gasteiger partial charge in [0.15, 0.2) is 0 Å². The zero-order chi connectivity index (χ0) is 26.0. The van der Waals surface area contributed by atoms with Crippen LogP contribution in [-0.2, 0) is 22.9 Å². The molecule has 0 aliphatic carbocycles. The van der Waals surface area contributed by atoms with Crippen molar-refractivity contribution in [3.8, 4) is 0 Å². The molecule has 1 aliphatic rings. The maximum absolute atomic E-state index is 13.9. The van der Waals surface area contributed by atoms with Crippen molar-refractivity contribution >= 4 is 15.8 Å².